The largest absolute Gasteiger partial charge is 0.480 e. The fraction of sp³-hybridized carbons (Fsp3) is 0.944. The first-order chi connectivity index (χ1) is 10.7. The number of nitrogens with zero attached hydrogens (tertiary/aromatic N) is 2. The van der Waals surface area contributed by atoms with Crippen LogP contribution in [0.4, 0.5) is 0 Å². The van der Waals surface area contributed by atoms with Crippen molar-refractivity contribution in [3.05, 3.63) is 0 Å². The first kappa shape index (κ1) is 17.7. The average molecular weight is 310 g/mol. The molecule has 0 radical (unpaired) electrons. The van der Waals surface area contributed by atoms with Crippen LogP contribution in [-0.2, 0) is 4.79 Å². The maximum atomic E-state index is 10.9. The fourth-order valence-electron chi connectivity index (χ4n) is 4.20. The van der Waals surface area contributed by atoms with Crippen LogP contribution in [0, 0.1) is 5.92 Å². The molecule has 2 rings (SSSR count). The first-order valence-corrected chi connectivity index (χ1v) is 9.37. The third kappa shape index (κ3) is 5.88. The smallest absolute Gasteiger partial charge is 0.317 e. The second-order valence-corrected chi connectivity index (χ2v) is 7.18. The van der Waals surface area contributed by atoms with Crippen LogP contribution in [0.3, 0.4) is 0 Å². The Kier molecular flexibility index (Phi) is 7.67. The number of likely N-dealkylation sites (N-methyl/N-ethyl adjacent to an activating group) is 1. The van der Waals surface area contributed by atoms with E-state index in [1.165, 1.54) is 51.5 Å². The van der Waals surface area contributed by atoms with Crippen LogP contribution in [0.15, 0.2) is 0 Å². The van der Waals surface area contributed by atoms with Crippen molar-refractivity contribution >= 4 is 5.97 Å². The van der Waals surface area contributed by atoms with Gasteiger partial charge in [-0.05, 0) is 51.4 Å². The number of rotatable bonds is 7. The van der Waals surface area contributed by atoms with Gasteiger partial charge in [0.2, 0.25) is 0 Å². The van der Waals surface area contributed by atoms with Crippen LogP contribution >= 0.6 is 0 Å². The number of carboxylic acids is 1. The molecule has 1 heterocycles. The normalized spacial score (nSPS) is 22.8. The first-order valence-electron chi connectivity index (χ1n) is 9.37. The van der Waals surface area contributed by atoms with E-state index >= 15 is 0 Å². The highest BCUT2D eigenvalue weighted by Gasteiger charge is 2.25. The zero-order valence-corrected chi connectivity index (χ0v) is 14.3. The van der Waals surface area contributed by atoms with Gasteiger partial charge in [-0.25, -0.2) is 0 Å². The molecule has 2 fully saturated rings. The van der Waals surface area contributed by atoms with E-state index in [1.54, 1.807) is 0 Å². The minimum Gasteiger partial charge on any atom is -0.480 e. The molecule has 0 bridgehead atoms. The van der Waals surface area contributed by atoms with Crippen molar-refractivity contribution in [2.24, 2.45) is 5.92 Å². The van der Waals surface area contributed by atoms with Crippen LogP contribution in [0.1, 0.15) is 64.7 Å². The maximum Gasteiger partial charge on any atom is 0.317 e. The van der Waals surface area contributed by atoms with Gasteiger partial charge in [-0.15, -0.1) is 0 Å². The Morgan fingerprint density at radius 1 is 1.09 bits per heavy atom. The molecule has 0 amide bonds. The molecule has 1 saturated carbocycles. The third-order valence-corrected chi connectivity index (χ3v) is 5.65. The summed E-state index contributed by atoms with van der Waals surface area (Å²) in [5.74, 6) is 0.261. The van der Waals surface area contributed by atoms with Crippen molar-refractivity contribution < 1.29 is 9.90 Å². The Morgan fingerprint density at radius 2 is 1.73 bits per heavy atom. The summed E-state index contributed by atoms with van der Waals surface area (Å²) in [6, 6.07) is 0.468. The van der Waals surface area contributed by atoms with Crippen LogP contribution in [0.25, 0.3) is 0 Å². The zero-order chi connectivity index (χ0) is 15.8. The predicted octanol–water partition coefficient (Wildman–Crippen LogP) is 3.22. The van der Waals surface area contributed by atoms with E-state index in [2.05, 4.69) is 16.7 Å². The maximum absolute atomic E-state index is 10.9. The van der Waals surface area contributed by atoms with Gasteiger partial charge in [-0.3, -0.25) is 9.69 Å². The number of hydrogen-bond donors (Lipinski definition) is 1. The van der Waals surface area contributed by atoms with Crippen LogP contribution in [-0.4, -0.2) is 59.6 Å². The minimum absolute atomic E-state index is 0.198. The van der Waals surface area contributed by atoms with E-state index in [-0.39, 0.29) is 6.54 Å². The van der Waals surface area contributed by atoms with Gasteiger partial charge in [-0.1, -0.05) is 45.4 Å². The van der Waals surface area contributed by atoms with Crippen molar-refractivity contribution in [3.63, 3.8) is 0 Å². The van der Waals surface area contributed by atoms with Gasteiger partial charge in [0.05, 0.1) is 6.54 Å². The van der Waals surface area contributed by atoms with Crippen molar-refractivity contribution in [2.45, 2.75) is 70.8 Å². The molecular formula is C18H34N2O2. The van der Waals surface area contributed by atoms with Crippen molar-refractivity contribution in [2.75, 3.05) is 32.7 Å². The highest BCUT2D eigenvalue weighted by molar-refractivity contribution is 5.69. The summed E-state index contributed by atoms with van der Waals surface area (Å²) in [6.45, 7) is 6.66. The molecule has 0 spiro atoms. The van der Waals surface area contributed by atoms with Gasteiger partial charge < -0.3 is 10.0 Å². The number of hydrogen-bond acceptors (Lipinski definition) is 3. The van der Waals surface area contributed by atoms with Crippen LogP contribution < -0.4 is 0 Å². The molecule has 0 aromatic carbocycles. The van der Waals surface area contributed by atoms with Crippen molar-refractivity contribution in [1.29, 1.82) is 0 Å². The Morgan fingerprint density at radius 3 is 2.27 bits per heavy atom. The third-order valence-electron chi connectivity index (χ3n) is 5.65. The summed E-state index contributed by atoms with van der Waals surface area (Å²) in [5, 5.41) is 9.00. The molecule has 0 aromatic heterocycles. The average Bonchev–Trinajstić information content (AvgIpc) is 2.80. The molecule has 22 heavy (non-hydrogen) atoms. The van der Waals surface area contributed by atoms with E-state index in [9.17, 15) is 4.79 Å². The lowest BCUT2D eigenvalue weighted by molar-refractivity contribution is -0.139. The predicted molar refractivity (Wildman–Crippen MR) is 90.2 cm³/mol. The fourth-order valence-corrected chi connectivity index (χ4v) is 4.20. The number of piperidine rings is 1. The van der Waals surface area contributed by atoms with E-state index in [1.807, 2.05) is 0 Å². The van der Waals surface area contributed by atoms with Gasteiger partial charge in [0.1, 0.15) is 0 Å². The topological polar surface area (TPSA) is 43.8 Å². The van der Waals surface area contributed by atoms with Crippen LogP contribution in [0.5, 0.6) is 0 Å². The lowest BCUT2D eigenvalue weighted by Crippen LogP contribution is -2.46. The lowest BCUT2D eigenvalue weighted by Gasteiger charge is -2.37. The molecule has 1 aliphatic heterocycles. The number of carbonyl (C=O) groups is 1. The molecule has 0 unspecified atom stereocenters. The Labute approximate surface area is 135 Å². The summed E-state index contributed by atoms with van der Waals surface area (Å²) in [4.78, 5) is 15.7. The summed E-state index contributed by atoms with van der Waals surface area (Å²) in [5.41, 5.74) is 0. The highest BCUT2D eigenvalue weighted by Crippen LogP contribution is 2.26. The molecule has 0 aromatic rings. The molecular weight excluding hydrogens is 276 g/mol. The molecule has 1 N–H and O–H groups in total. The SMILES string of the molecule is CCN(CC(=O)O)C1CCN(CCC2CCCCCC2)CC1. The summed E-state index contributed by atoms with van der Waals surface area (Å²) in [6.07, 6.45) is 12.3. The van der Waals surface area contributed by atoms with Gasteiger partial charge in [0, 0.05) is 6.04 Å². The molecule has 1 aliphatic carbocycles. The minimum atomic E-state index is -0.697. The second-order valence-electron chi connectivity index (χ2n) is 7.18. The number of likely N-dealkylation sites (tertiary alicyclic amines) is 1. The van der Waals surface area contributed by atoms with Crippen molar-refractivity contribution in [3.8, 4) is 0 Å². The van der Waals surface area contributed by atoms with Gasteiger partial charge in [-0.2, -0.15) is 0 Å². The Bertz CT molecular complexity index is 319. The van der Waals surface area contributed by atoms with E-state index in [4.69, 9.17) is 5.11 Å². The quantitative estimate of drug-likeness (QED) is 0.733. The van der Waals surface area contributed by atoms with Gasteiger partial charge >= 0.3 is 5.97 Å². The zero-order valence-electron chi connectivity index (χ0n) is 14.3. The lowest BCUT2D eigenvalue weighted by atomic mass is 9.95. The monoisotopic (exact) mass is 310 g/mol. The van der Waals surface area contributed by atoms with E-state index in [0.717, 1.165) is 38.4 Å². The second kappa shape index (κ2) is 9.51. The molecule has 4 heteroatoms. The van der Waals surface area contributed by atoms with Gasteiger partial charge in [0.15, 0.2) is 0 Å². The highest BCUT2D eigenvalue weighted by atomic mass is 16.4. The summed E-state index contributed by atoms with van der Waals surface area (Å²) in [7, 11) is 0. The molecule has 128 valence electrons. The number of aliphatic carboxylic acids is 1. The van der Waals surface area contributed by atoms with Gasteiger partial charge in [0.25, 0.3) is 0 Å². The van der Waals surface area contributed by atoms with Crippen molar-refractivity contribution in [1.82, 2.24) is 9.80 Å². The molecule has 4 nitrogen and oxygen atoms in total. The molecule has 2 aliphatic rings. The van der Waals surface area contributed by atoms with E-state index in [0.29, 0.717) is 6.04 Å². The Hall–Kier alpha value is -0.610. The molecule has 1 saturated heterocycles. The standard InChI is InChI=1S/C18H34N2O2/c1-2-20(15-18(21)22)17-10-13-19(14-11-17)12-9-16-7-5-3-4-6-8-16/h16-17H,2-15H2,1H3,(H,21,22). The number of carboxylic acid groups (broad SMARTS) is 1. The Balaban J connectivity index is 1.66. The summed E-state index contributed by atoms with van der Waals surface area (Å²) < 4.78 is 0. The van der Waals surface area contributed by atoms with E-state index < -0.39 is 5.97 Å². The summed E-state index contributed by atoms with van der Waals surface area (Å²) >= 11 is 0. The molecule has 0 atom stereocenters. The van der Waals surface area contributed by atoms with Crippen LogP contribution in [0.2, 0.25) is 0 Å².